The first-order valence-electron chi connectivity index (χ1n) is 10.8. The number of carboxylic acids is 1. The molecule has 0 aliphatic carbocycles. The van der Waals surface area contributed by atoms with E-state index in [9.17, 15) is 38.8 Å². The average Bonchev–Trinajstić information content (AvgIpc) is 2.65. The predicted molar refractivity (Wildman–Crippen MR) is 125 cm³/mol. The van der Waals surface area contributed by atoms with Crippen molar-refractivity contribution in [1.29, 1.82) is 0 Å². The summed E-state index contributed by atoms with van der Waals surface area (Å²) in [4.78, 5) is 42.1. The van der Waals surface area contributed by atoms with Crippen molar-refractivity contribution in [3.05, 3.63) is 46.6 Å². The van der Waals surface area contributed by atoms with Crippen LogP contribution in [0.2, 0.25) is 0 Å². The van der Waals surface area contributed by atoms with Crippen molar-refractivity contribution in [1.82, 2.24) is 0 Å². The van der Waals surface area contributed by atoms with Crippen LogP contribution in [0, 0.1) is 0 Å². The third-order valence-electron chi connectivity index (χ3n) is 4.40. The van der Waals surface area contributed by atoms with Gasteiger partial charge in [0.2, 0.25) is 0 Å². The van der Waals surface area contributed by atoms with E-state index in [0.29, 0.717) is 12.0 Å². The summed E-state index contributed by atoms with van der Waals surface area (Å²) in [5.41, 5.74) is 2.44. The Morgan fingerprint density at radius 1 is 1.06 bits per heavy atom. The van der Waals surface area contributed by atoms with E-state index in [0.717, 1.165) is 43.7 Å². The fourth-order valence-corrected chi connectivity index (χ4v) is 4.21. The molecule has 3 N–H and O–H groups in total. The minimum Gasteiger partial charge on any atom is -0.790 e. The standard InChI is InChI=1S/C12H16O4.C10H20O7P2/c1-2-3-4-5-8-6-9(13)7-10(14)11(8)12(15)16;1-9(2)5-4-6-10(3)7-8-16-19(14,15)17-18(11,12)13/h6-7,13-14H,2-5H2,1H3,(H,15,16);5,7H,4,6,8H2,1-3H3,(H,14,15)(H2,11,12,13)/p-3/b;10-7+. The number of aryl methyl sites for hydroxylation is 1. The molecule has 0 saturated carbocycles. The van der Waals surface area contributed by atoms with E-state index in [4.69, 9.17) is 5.11 Å². The number of aromatic carboxylic acids is 1. The first-order chi connectivity index (χ1) is 16.1. The van der Waals surface area contributed by atoms with Crippen molar-refractivity contribution in [2.45, 2.75) is 66.2 Å². The lowest BCUT2D eigenvalue weighted by atomic mass is 10.00. The Labute approximate surface area is 205 Å². The van der Waals surface area contributed by atoms with Crippen LogP contribution >= 0.6 is 15.6 Å². The lowest BCUT2D eigenvalue weighted by molar-refractivity contribution is -0.339. The van der Waals surface area contributed by atoms with Gasteiger partial charge in [-0.15, -0.1) is 0 Å². The Morgan fingerprint density at radius 2 is 1.69 bits per heavy atom. The van der Waals surface area contributed by atoms with Crippen LogP contribution < -0.4 is 14.7 Å². The van der Waals surface area contributed by atoms with Gasteiger partial charge >= 0.3 is 5.97 Å². The molecule has 0 bridgehead atoms. The predicted octanol–water partition coefficient (Wildman–Crippen LogP) is 3.54. The highest BCUT2D eigenvalue weighted by molar-refractivity contribution is 7.58. The third kappa shape index (κ3) is 16.4. The number of phenolic OH excluding ortho intramolecular Hbond substituents is 1. The highest BCUT2D eigenvalue weighted by Crippen LogP contribution is 2.50. The fraction of sp³-hybridized carbons (Fsp3) is 0.500. The van der Waals surface area contributed by atoms with Crippen LogP contribution in [-0.2, 0) is 24.4 Å². The molecule has 0 radical (unpaired) electrons. The third-order valence-corrected chi connectivity index (χ3v) is 6.47. The number of rotatable bonds is 13. The summed E-state index contributed by atoms with van der Waals surface area (Å²) >= 11 is 0. The Morgan fingerprint density at radius 3 is 2.20 bits per heavy atom. The van der Waals surface area contributed by atoms with E-state index in [2.05, 4.69) is 15.8 Å². The summed E-state index contributed by atoms with van der Waals surface area (Å²) in [6.45, 7) is 7.40. The highest BCUT2D eigenvalue weighted by atomic mass is 31.3. The maximum absolute atomic E-state index is 10.9. The molecule has 11 nitrogen and oxygen atoms in total. The second-order valence-electron chi connectivity index (χ2n) is 7.90. The van der Waals surface area contributed by atoms with Gasteiger partial charge in [-0.3, -0.25) is 8.88 Å². The first-order valence-corrected chi connectivity index (χ1v) is 13.8. The lowest BCUT2D eigenvalue weighted by Gasteiger charge is -2.34. The summed E-state index contributed by atoms with van der Waals surface area (Å²) in [5.74, 6) is -1.64. The molecular formula is C22H33O11P2-3. The van der Waals surface area contributed by atoms with Crippen LogP contribution in [0.4, 0.5) is 0 Å². The highest BCUT2D eigenvalue weighted by Gasteiger charge is 2.16. The minimum absolute atomic E-state index is 0.103. The van der Waals surface area contributed by atoms with Gasteiger partial charge in [0.15, 0.2) is 0 Å². The van der Waals surface area contributed by atoms with E-state index in [1.807, 2.05) is 19.9 Å². The van der Waals surface area contributed by atoms with Crippen LogP contribution in [0.1, 0.15) is 75.7 Å². The van der Waals surface area contributed by atoms with Gasteiger partial charge in [-0.25, -0.2) is 4.79 Å². The van der Waals surface area contributed by atoms with Gasteiger partial charge in [0, 0.05) is 6.07 Å². The van der Waals surface area contributed by atoms with Crippen molar-refractivity contribution in [3.8, 4) is 11.5 Å². The molecule has 1 aromatic rings. The van der Waals surface area contributed by atoms with Crippen LogP contribution in [0.25, 0.3) is 0 Å². The van der Waals surface area contributed by atoms with Gasteiger partial charge in [0.25, 0.3) is 7.82 Å². The molecule has 0 saturated heterocycles. The van der Waals surface area contributed by atoms with Crippen molar-refractivity contribution in [2.75, 3.05) is 6.61 Å². The van der Waals surface area contributed by atoms with Gasteiger partial charge in [-0.1, -0.05) is 43.1 Å². The number of carbonyl (C=O) groups is 1. The summed E-state index contributed by atoms with van der Waals surface area (Å²) < 4.78 is 28.5. The minimum atomic E-state index is -5.61. The number of unbranched alkanes of at least 4 members (excludes halogenated alkanes) is 2. The quantitative estimate of drug-likeness (QED) is 0.189. The summed E-state index contributed by atoms with van der Waals surface area (Å²) in [6.07, 6.45) is 8.48. The first kappa shape index (κ1) is 33.0. The molecule has 13 heteroatoms. The smallest absolute Gasteiger partial charge is 0.339 e. The molecule has 200 valence electrons. The van der Waals surface area contributed by atoms with Crippen LogP contribution in [0.15, 0.2) is 35.4 Å². The molecule has 1 unspecified atom stereocenters. The van der Waals surface area contributed by atoms with Gasteiger partial charge in [-0.05, 0) is 58.1 Å². The zero-order valence-corrected chi connectivity index (χ0v) is 22.1. The summed E-state index contributed by atoms with van der Waals surface area (Å²) in [6, 6.07) is 2.45. The molecule has 35 heavy (non-hydrogen) atoms. The number of aromatic hydroxyl groups is 2. The fourth-order valence-electron chi connectivity index (χ4n) is 2.79. The molecule has 0 fully saturated rings. The molecule has 0 aliphatic heterocycles. The molecule has 0 aliphatic rings. The van der Waals surface area contributed by atoms with Crippen molar-refractivity contribution in [2.24, 2.45) is 0 Å². The van der Waals surface area contributed by atoms with Gasteiger partial charge in [0.1, 0.15) is 17.1 Å². The van der Waals surface area contributed by atoms with Gasteiger partial charge in [0.05, 0.1) is 14.4 Å². The van der Waals surface area contributed by atoms with E-state index in [1.54, 1.807) is 6.92 Å². The number of phenols is 2. The topological polar surface area (TPSA) is 200 Å². The number of benzene rings is 1. The molecule has 1 atom stereocenters. The van der Waals surface area contributed by atoms with Gasteiger partial charge in [-0.2, -0.15) is 0 Å². The van der Waals surface area contributed by atoms with Crippen LogP contribution in [0.5, 0.6) is 11.5 Å². The zero-order chi connectivity index (χ0) is 27.2. The number of allylic oxidation sites excluding steroid dienone is 3. The Bertz CT molecular complexity index is 976. The Balaban J connectivity index is 0.000000669. The summed E-state index contributed by atoms with van der Waals surface area (Å²) in [5, 5.41) is 27.7. The van der Waals surface area contributed by atoms with Crippen LogP contribution in [-0.4, -0.2) is 27.9 Å². The molecule has 1 aromatic carbocycles. The number of carboxylic acid groups (broad SMARTS) is 1. The molecule has 0 amide bonds. The largest absolute Gasteiger partial charge is 0.790 e. The van der Waals surface area contributed by atoms with Crippen molar-refractivity contribution < 1.29 is 52.8 Å². The van der Waals surface area contributed by atoms with Crippen molar-refractivity contribution in [3.63, 3.8) is 0 Å². The van der Waals surface area contributed by atoms with E-state index in [1.165, 1.54) is 17.7 Å². The van der Waals surface area contributed by atoms with Gasteiger partial charge < -0.3 is 39.1 Å². The van der Waals surface area contributed by atoms with E-state index >= 15 is 0 Å². The monoisotopic (exact) mass is 535 g/mol. The SMILES string of the molecule is CC(C)=CCC/C(C)=C/COP(=O)([O-])OP(=O)([O-])[O-].CCCCCc1cc(O)cc(O)c1C(=O)O. The molecule has 0 aromatic heterocycles. The summed E-state index contributed by atoms with van der Waals surface area (Å²) in [7, 11) is -10.7. The van der Waals surface area contributed by atoms with E-state index < -0.39 is 21.6 Å². The lowest BCUT2D eigenvalue weighted by Crippen LogP contribution is -2.19. The number of phosphoric ester groups is 1. The van der Waals surface area contributed by atoms with Crippen molar-refractivity contribution >= 4 is 21.6 Å². The number of phosphoric acid groups is 2. The number of hydrogen-bond acceptors (Lipinski definition) is 10. The molecule has 0 spiro atoms. The maximum Gasteiger partial charge on any atom is 0.339 e. The second kappa shape index (κ2) is 15.9. The molecule has 1 rings (SSSR count). The normalized spacial score (nSPS) is 13.4. The number of hydrogen-bond donors (Lipinski definition) is 3. The van der Waals surface area contributed by atoms with E-state index in [-0.39, 0.29) is 23.7 Å². The Kier molecular flexibility index (Phi) is 15.0. The maximum atomic E-state index is 10.9. The Hall–Kier alpha value is -1.97. The zero-order valence-electron chi connectivity index (χ0n) is 20.3. The average molecular weight is 535 g/mol. The molecular weight excluding hydrogens is 502 g/mol. The van der Waals surface area contributed by atoms with Crippen LogP contribution in [0.3, 0.4) is 0 Å². The second-order valence-corrected chi connectivity index (χ2v) is 10.6. The molecule has 0 heterocycles.